The molecule has 3 rings (SSSR count). The van der Waals surface area contributed by atoms with Gasteiger partial charge in [-0.3, -0.25) is 4.79 Å². The van der Waals surface area contributed by atoms with Crippen LogP contribution in [0.3, 0.4) is 0 Å². The van der Waals surface area contributed by atoms with E-state index in [0.29, 0.717) is 29.7 Å². The first kappa shape index (κ1) is 16.5. The van der Waals surface area contributed by atoms with Crippen LogP contribution in [0.5, 0.6) is 11.5 Å². The van der Waals surface area contributed by atoms with Crippen molar-refractivity contribution >= 4 is 28.9 Å². The maximum absolute atomic E-state index is 12.2. The molecule has 0 saturated heterocycles. The molecule has 1 aliphatic rings. The third-order valence-electron chi connectivity index (χ3n) is 3.69. The van der Waals surface area contributed by atoms with Gasteiger partial charge in [0.05, 0.1) is 17.3 Å². The number of halogens is 1. The van der Waals surface area contributed by atoms with Crippen LogP contribution in [0.4, 0.5) is 11.4 Å². The Morgan fingerprint density at radius 2 is 1.88 bits per heavy atom. The standard InChI is InChI=1S/C18H19ClN2O3/c1-11-7-12(2)18(14(19)8-11)21-17(22)10-20-13-3-4-15-16(9-13)24-6-5-23-15/h3-4,7-9,20H,5-6,10H2,1-2H3,(H,21,22). The van der Waals surface area contributed by atoms with Crippen molar-refractivity contribution < 1.29 is 14.3 Å². The van der Waals surface area contributed by atoms with Crippen LogP contribution in [-0.4, -0.2) is 25.7 Å². The van der Waals surface area contributed by atoms with Crippen LogP contribution in [0.25, 0.3) is 0 Å². The molecule has 1 heterocycles. The fourth-order valence-electron chi connectivity index (χ4n) is 2.59. The van der Waals surface area contributed by atoms with Crippen LogP contribution in [0.2, 0.25) is 5.02 Å². The third kappa shape index (κ3) is 3.74. The molecule has 0 radical (unpaired) electrons. The minimum absolute atomic E-state index is 0.128. The Bertz CT molecular complexity index is 754. The van der Waals surface area contributed by atoms with Crippen molar-refractivity contribution in [2.45, 2.75) is 13.8 Å². The first-order chi connectivity index (χ1) is 11.5. The van der Waals surface area contributed by atoms with Gasteiger partial charge in [0.2, 0.25) is 5.91 Å². The van der Waals surface area contributed by atoms with Crippen molar-refractivity contribution in [1.82, 2.24) is 0 Å². The molecule has 1 amide bonds. The fraction of sp³-hybridized carbons (Fsp3) is 0.278. The molecule has 126 valence electrons. The zero-order valence-corrected chi connectivity index (χ0v) is 14.4. The molecule has 2 N–H and O–H groups in total. The van der Waals surface area contributed by atoms with Gasteiger partial charge in [0.15, 0.2) is 11.5 Å². The molecule has 0 spiro atoms. The van der Waals surface area contributed by atoms with Crippen molar-refractivity contribution in [3.63, 3.8) is 0 Å². The smallest absolute Gasteiger partial charge is 0.243 e. The van der Waals surface area contributed by atoms with E-state index in [9.17, 15) is 4.79 Å². The van der Waals surface area contributed by atoms with Crippen LogP contribution in [-0.2, 0) is 4.79 Å². The number of rotatable bonds is 4. The summed E-state index contributed by atoms with van der Waals surface area (Å²) in [6.45, 7) is 5.10. The van der Waals surface area contributed by atoms with E-state index in [0.717, 1.165) is 22.6 Å². The third-order valence-corrected chi connectivity index (χ3v) is 3.99. The van der Waals surface area contributed by atoms with E-state index in [1.807, 2.05) is 44.2 Å². The minimum Gasteiger partial charge on any atom is -0.486 e. The molecule has 2 aromatic carbocycles. The highest BCUT2D eigenvalue weighted by Gasteiger charge is 2.13. The summed E-state index contributed by atoms with van der Waals surface area (Å²) in [6.07, 6.45) is 0. The Balaban J connectivity index is 1.62. The predicted octanol–water partition coefficient (Wildman–Crippen LogP) is 3.78. The van der Waals surface area contributed by atoms with Gasteiger partial charge >= 0.3 is 0 Å². The molecule has 0 aromatic heterocycles. The lowest BCUT2D eigenvalue weighted by Crippen LogP contribution is -2.22. The van der Waals surface area contributed by atoms with Crippen LogP contribution in [0.1, 0.15) is 11.1 Å². The van der Waals surface area contributed by atoms with Crippen LogP contribution < -0.4 is 20.1 Å². The van der Waals surface area contributed by atoms with Gasteiger partial charge in [0.25, 0.3) is 0 Å². The molecule has 5 nitrogen and oxygen atoms in total. The van der Waals surface area contributed by atoms with E-state index < -0.39 is 0 Å². The van der Waals surface area contributed by atoms with Crippen molar-refractivity contribution in [2.75, 3.05) is 30.4 Å². The van der Waals surface area contributed by atoms with Crippen LogP contribution in [0, 0.1) is 13.8 Å². The highest BCUT2D eigenvalue weighted by molar-refractivity contribution is 6.34. The lowest BCUT2D eigenvalue weighted by Gasteiger charge is -2.19. The van der Waals surface area contributed by atoms with Gasteiger partial charge in [-0.05, 0) is 43.2 Å². The van der Waals surface area contributed by atoms with Gasteiger partial charge in [-0.25, -0.2) is 0 Å². The Morgan fingerprint density at radius 3 is 2.62 bits per heavy atom. The largest absolute Gasteiger partial charge is 0.486 e. The summed E-state index contributed by atoms with van der Waals surface area (Å²) in [5, 5.41) is 6.47. The second-order valence-corrected chi connectivity index (χ2v) is 6.11. The van der Waals surface area contributed by atoms with Gasteiger partial charge in [-0.15, -0.1) is 0 Å². The molecule has 6 heteroatoms. The lowest BCUT2D eigenvalue weighted by atomic mass is 10.1. The first-order valence-electron chi connectivity index (χ1n) is 7.73. The number of amides is 1. The zero-order valence-electron chi connectivity index (χ0n) is 13.6. The summed E-state index contributed by atoms with van der Waals surface area (Å²) in [5.74, 6) is 1.24. The van der Waals surface area contributed by atoms with Crippen molar-refractivity contribution in [3.8, 4) is 11.5 Å². The molecule has 0 atom stereocenters. The van der Waals surface area contributed by atoms with Gasteiger partial charge in [0, 0.05) is 11.8 Å². The molecule has 0 saturated carbocycles. The molecular weight excluding hydrogens is 328 g/mol. The molecule has 0 fully saturated rings. The second-order valence-electron chi connectivity index (χ2n) is 5.70. The van der Waals surface area contributed by atoms with Gasteiger partial charge < -0.3 is 20.1 Å². The number of carbonyl (C=O) groups is 1. The zero-order chi connectivity index (χ0) is 17.1. The Labute approximate surface area is 145 Å². The highest BCUT2D eigenvalue weighted by Crippen LogP contribution is 2.32. The van der Waals surface area contributed by atoms with Gasteiger partial charge in [0.1, 0.15) is 13.2 Å². The maximum atomic E-state index is 12.2. The van der Waals surface area contributed by atoms with E-state index in [-0.39, 0.29) is 12.5 Å². The average molecular weight is 347 g/mol. The van der Waals surface area contributed by atoms with E-state index in [2.05, 4.69) is 10.6 Å². The number of nitrogens with one attached hydrogen (secondary N) is 2. The summed E-state index contributed by atoms with van der Waals surface area (Å²) >= 11 is 6.21. The highest BCUT2D eigenvalue weighted by atomic mass is 35.5. The quantitative estimate of drug-likeness (QED) is 0.884. The average Bonchev–Trinajstić information content (AvgIpc) is 2.56. The number of carbonyl (C=O) groups excluding carboxylic acids is 1. The van der Waals surface area contributed by atoms with Crippen molar-refractivity contribution in [3.05, 3.63) is 46.5 Å². The molecule has 1 aliphatic heterocycles. The monoisotopic (exact) mass is 346 g/mol. The molecule has 24 heavy (non-hydrogen) atoms. The van der Waals surface area contributed by atoms with Gasteiger partial charge in [-0.2, -0.15) is 0 Å². The SMILES string of the molecule is Cc1cc(C)c(NC(=O)CNc2ccc3c(c2)OCCO3)c(Cl)c1. The van der Waals surface area contributed by atoms with E-state index in [4.69, 9.17) is 21.1 Å². The number of aryl methyl sites for hydroxylation is 2. The fourth-order valence-corrected chi connectivity index (χ4v) is 2.96. The Morgan fingerprint density at radius 1 is 1.12 bits per heavy atom. The summed E-state index contributed by atoms with van der Waals surface area (Å²) < 4.78 is 11.0. The summed E-state index contributed by atoms with van der Waals surface area (Å²) in [6, 6.07) is 9.32. The number of hydrogen-bond acceptors (Lipinski definition) is 4. The minimum atomic E-state index is -0.168. The number of anilines is 2. The van der Waals surface area contributed by atoms with Crippen molar-refractivity contribution in [2.24, 2.45) is 0 Å². The van der Waals surface area contributed by atoms with E-state index in [1.165, 1.54) is 0 Å². The van der Waals surface area contributed by atoms with Crippen LogP contribution >= 0.6 is 11.6 Å². The lowest BCUT2D eigenvalue weighted by molar-refractivity contribution is -0.114. The number of hydrogen-bond donors (Lipinski definition) is 2. The van der Waals surface area contributed by atoms with E-state index in [1.54, 1.807) is 0 Å². The number of ether oxygens (including phenoxy) is 2. The molecule has 2 aromatic rings. The number of benzene rings is 2. The number of fused-ring (bicyclic) bond motifs is 1. The summed E-state index contributed by atoms with van der Waals surface area (Å²) in [5.41, 5.74) is 3.44. The second kappa shape index (κ2) is 7.01. The van der Waals surface area contributed by atoms with Gasteiger partial charge in [-0.1, -0.05) is 17.7 Å². The van der Waals surface area contributed by atoms with Crippen molar-refractivity contribution in [1.29, 1.82) is 0 Å². The predicted molar refractivity (Wildman–Crippen MR) is 95.5 cm³/mol. The first-order valence-corrected chi connectivity index (χ1v) is 8.11. The van der Waals surface area contributed by atoms with Crippen LogP contribution in [0.15, 0.2) is 30.3 Å². The molecule has 0 aliphatic carbocycles. The summed E-state index contributed by atoms with van der Waals surface area (Å²) in [7, 11) is 0. The molecular formula is C18H19ClN2O3. The molecule has 0 bridgehead atoms. The Hall–Kier alpha value is -2.40. The Kier molecular flexibility index (Phi) is 4.81. The maximum Gasteiger partial charge on any atom is 0.243 e. The van der Waals surface area contributed by atoms with E-state index >= 15 is 0 Å². The topological polar surface area (TPSA) is 59.6 Å². The normalized spacial score (nSPS) is 12.6. The molecule has 0 unspecified atom stereocenters. The summed E-state index contributed by atoms with van der Waals surface area (Å²) in [4.78, 5) is 12.2.